The minimum Gasteiger partial charge on any atom is -0.507 e. The molecular formula is C10H14BrNO3. The van der Waals surface area contributed by atoms with Crippen LogP contribution in [0.3, 0.4) is 0 Å². The number of phenolic OH excluding ortho intramolecular Hbond substituents is 1. The van der Waals surface area contributed by atoms with Crippen LogP contribution in [0.1, 0.15) is 11.7 Å². The largest absolute Gasteiger partial charge is 0.507 e. The van der Waals surface area contributed by atoms with E-state index in [-0.39, 0.29) is 12.3 Å². The van der Waals surface area contributed by atoms with Gasteiger partial charge in [0.15, 0.2) is 0 Å². The Bertz CT molecular complexity index is 332. The van der Waals surface area contributed by atoms with Crippen LogP contribution in [-0.4, -0.2) is 35.0 Å². The second-order valence-corrected chi connectivity index (χ2v) is 4.04. The normalized spacial score (nSPS) is 14.9. The number of halogens is 1. The van der Waals surface area contributed by atoms with Crippen LogP contribution in [0.4, 0.5) is 0 Å². The molecule has 0 amide bonds. The summed E-state index contributed by atoms with van der Waals surface area (Å²) < 4.78 is 0.410. The third kappa shape index (κ3) is 2.92. The molecule has 0 heterocycles. The van der Waals surface area contributed by atoms with Crippen LogP contribution in [0.5, 0.6) is 5.75 Å². The molecule has 1 aromatic rings. The van der Waals surface area contributed by atoms with Gasteiger partial charge in [-0.25, -0.2) is 0 Å². The number of nitrogens with one attached hydrogen (secondary N) is 1. The summed E-state index contributed by atoms with van der Waals surface area (Å²) in [5, 5.41) is 31.5. The Balaban J connectivity index is 2.90. The zero-order valence-electron chi connectivity index (χ0n) is 8.31. The topological polar surface area (TPSA) is 72.7 Å². The smallest absolute Gasteiger partial charge is 0.130 e. The molecule has 0 aliphatic rings. The maximum Gasteiger partial charge on any atom is 0.130 e. The molecule has 0 spiro atoms. The van der Waals surface area contributed by atoms with Gasteiger partial charge < -0.3 is 20.6 Å². The third-order valence-corrected chi connectivity index (χ3v) is 2.97. The minimum absolute atomic E-state index is 0.0446. The molecule has 0 aromatic heterocycles. The van der Waals surface area contributed by atoms with Crippen LogP contribution < -0.4 is 5.32 Å². The summed E-state index contributed by atoms with van der Waals surface area (Å²) in [5.41, 5.74) is 0.470. The van der Waals surface area contributed by atoms with E-state index in [0.717, 1.165) is 0 Å². The number of hydrogen-bond donors (Lipinski definition) is 4. The van der Waals surface area contributed by atoms with Gasteiger partial charge >= 0.3 is 0 Å². The van der Waals surface area contributed by atoms with E-state index >= 15 is 0 Å². The quantitative estimate of drug-likeness (QED) is 0.655. The SMILES string of the molecule is CNCC(O)C(O)c1cccc(O)c1Br. The van der Waals surface area contributed by atoms with Gasteiger partial charge in [-0.1, -0.05) is 12.1 Å². The van der Waals surface area contributed by atoms with E-state index in [1.165, 1.54) is 6.07 Å². The Morgan fingerprint density at radius 3 is 2.67 bits per heavy atom. The molecule has 15 heavy (non-hydrogen) atoms. The lowest BCUT2D eigenvalue weighted by molar-refractivity contribution is 0.0197. The molecule has 4 N–H and O–H groups in total. The van der Waals surface area contributed by atoms with Crippen LogP contribution in [0, 0.1) is 0 Å². The van der Waals surface area contributed by atoms with Gasteiger partial charge in [0.25, 0.3) is 0 Å². The van der Waals surface area contributed by atoms with Gasteiger partial charge in [0.1, 0.15) is 11.9 Å². The van der Waals surface area contributed by atoms with E-state index in [1.807, 2.05) is 0 Å². The molecule has 84 valence electrons. The molecule has 0 saturated heterocycles. The van der Waals surface area contributed by atoms with Gasteiger partial charge in [-0.05, 0) is 29.0 Å². The van der Waals surface area contributed by atoms with Gasteiger partial charge in [0, 0.05) is 12.1 Å². The summed E-state index contributed by atoms with van der Waals surface area (Å²) in [6.07, 6.45) is -1.94. The lowest BCUT2D eigenvalue weighted by Gasteiger charge is -2.19. The zero-order chi connectivity index (χ0) is 11.4. The van der Waals surface area contributed by atoms with Crippen molar-refractivity contribution in [2.75, 3.05) is 13.6 Å². The molecule has 0 aliphatic heterocycles. The Kier molecular flexibility index (Phi) is 4.53. The van der Waals surface area contributed by atoms with E-state index < -0.39 is 12.2 Å². The molecule has 2 unspecified atom stereocenters. The first kappa shape index (κ1) is 12.4. The van der Waals surface area contributed by atoms with Crippen LogP contribution in [0.15, 0.2) is 22.7 Å². The highest BCUT2D eigenvalue weighted by molar-refractivity contribution is 9.10. The molecule has 1 rings (SSSR count). The average molecular weight is 276 g/mol. The number of likely N-dealkylation sites (N-methyl/N-ethyl adjacent to an activating group) is 1. The minimum atomic E-state index is -1.03. The van der Waals surface area contributed by atoms with E-state index in [0.29, 0.717) is 10.0 Å². The highest BCUT2D eigenvalue weighted by atomic mass is 79.9. The predicted octanol–water partition coefficient (Wildman–Crippen LogP) is 0.768. The van der Waals surface area contributed by atoms with E-state index in [4.69, 9.17) is 0 Å². The van der Waals surface area contributed by atoms with Crippen molar-refractivity contribution in [1.82, 2.24) is 5.32 Å². The van der Waals surface area contributed by atoms with Gasteiger partial charge in [-0.15, -0.1) is 0 Å². The lowest BCUT2D eigenvalue weighted by atomic mass is 10.0. The zero-order valence-corrected chi connectivity index (χ0v) is 9.90. The number of hydrogen-bond acceptors (Lipinski definition) is 4. The number of aliphatic hydroxyl groups is 2. The standard InChI is InChI=1S/C10H14BrNO3/c1-12-5-8(14)10(15)6-3-2-4-7(13)9(6)11/h2-4,8,10,12-15H,5H2,1H3. The number of aliphatic hydroxyl groups excluding tert-OH is 2. The molecular weight excluding hydrogens is 262 g/mol. The summed E-state index contributed by atoms with van der Waals surface area (Å²) in [7, 11) is 1.69. The van der Waals surface area contributed by atoms with Gasteiger partial charge in [0.2, 0.25) is 0 Å². The number of rotatable bonds is 4. The van der Waals surface area contributed by atoms with Crippen molar-refractivity contribution >= 4 is 15.9 Å². The first-order valence-corrected chi connectivity index (χ1v) is 5.35. The van der Waals surface area contributed by atoms with Crippen molar-refractivity contribution in [2.45, 2.75) is 12.2 Å². The third-order valence-electron chi connectivity index (χ3n) is 2.10. The maximum atomic E-state index is 9.79. The fourth-order valence-electron chi connectivity index (χ4n) is 1.29. The van der Waals surface area contributed by atoms with E-state index in [2.05, 4.69) is 21.2 Å². The first-order valence-electron chi connectivity index (χ1n) is 4.56. The molecule has 0 saturated carbocycles. The predicted molar refractivity (Wildman–Crippen MR) is 60.7 cm³/mol. The first-order chi connectivity index (χ1) is 7.07. The second kappa shape index (κ2) is 5.46. The summed E-state index contributed by atoms with van der Waals surface area (Å²) >= 11 is 3.16. The van der Waals surface area contributed by atoms with Crippen molar-refractivity contribution in [2.24, 2.45) is 0 Å². The summed E-state index contributed by atoms with van der Waals surface area (Å²) in [6, 6.07) is 4.77. The molecule has 0 bridgehead atoms. The molecule has 4 nitrogen and oxygen atoms in total. The Hall–Kier alpha value is -0.620. The average Bonchev–Trinajstić information content (AvgIpc) is 2.21. The Morgan fingerprint density at radius 2 is 2.07 bits per heavy atom. The highest BCUT2D eigenvalue weighted by Crippen LogP contribution is 2.32. The van der Waals surface area contributed by atoms with Crippen molar-refractivity contribution < 1.29 is 15.3 Å². The molecule has 0 fully saturated rings. The van der Waals surface area contributed by atoms with Crippen LogP contribution in [0.25, 0.3) is 0 Å². The molecule has 2 atom stereocenters. The van der Waals surface area contributed by atoms with Gasteiger partial charge in [-0.3, -0.25) is 0 Å². The molecule has 0 aliphatic carbocycles. The van der Waals surface area contributed by atoms with E-state index in [1.54, 1.807) is 19.2 Å². The van der Waals surface area contributed by atoms with Crippen molar-refractivity contribution in [3.63, 3.8) is 0 Å². The summed E-state index contributed by atoms with van der Waals surface area (Å²) in [4.78, 5) is 0. The van der Waals surface area contributed by atoms with Crippen LogP contribution in [-0.2, 0) is 0 Å². The number of aromatic hydroxyl groups is 1. The van der Waals surface area contributed by atoms with Crippen molar-refractivity contribution in [3.8, 4) is 5.75 Å². The summed E-state index contributed by atoms with van der Waals surface area (Å²) in [6.45, 7) is 0.281. The molecule has 0 radical (unpaired) electrons. The van der Waals surface area contributed by atoms with Gasteiger partial charge in [0.05, 0.1) is 10.6 Å². The van der Waals surface area contributed by atoms with Crippen LogP contribution in [0.2, 0.25) is 0 Å². The fourth-order valence-corrected chi connectivity index (χ4v) is 1.79. The fraction of sp³-hybridized carbons (Fsp3) is 0.400. The molecule has 1 aromatic carbocycles. The van der Waals surface area contributed by atoms with Crippen molar-refractivity contribution in [1.29, 1.82) is 0 Å². The van der Waals surface area contributed by atoms with Crippen molar-refractivity contribution in [3.05, 3.63) is 28.2 Å². The highest BCUT2D eigenvalue weighted by Gasteiger charge is 2.20. The Morgan fingerprint density at radius 1 is 1.40 bits per heavy atom. The van der Waals surface area contributed by atoms with E-state index in [9.17, 15) is 15.3 Å². The maximum absolute atomic E-state index is 9.79. The number of phenols is 1. The van der Waals surface area contributed by atoms with Crippen LogP contribution >= 0.6 is 15.9 Å². The van der Waals surface area contributed by atoms with Gasteiger partial charge in [-0.2, -0.15) is 0 Å². The second-order valence-electron chi connectivity index (χ2n) is 3.25. The lowest BCUT2D eigenvalue weighted by Crippen LogP contribution is -2.29. The summed E-state index contributed by atoms with van der Waals surface area (Å²) in [5.74, 6) is 0.0446. The number of benzene rings is 1. The molecule has 5 heteroatoms. The Labute approximate surface area is 96.7 Å². The monoisotopic (exact) mass is 275 g/mol.